The van der Waals surface area contributed by atoms with E-state index in [2.05, 4.69) is 20.9 Å². The summed E-state index contributed by atoms with van der Waals surface area (Å²) in [5, 5.41) is 9.32. The molecule has 0 fully saturated rings. The number of pyridine rings is 1. The molecule has 1 aromatic carbocycles. The monoisotopic (exact) mass is 347 g/mol. The molecular weight excluding hydrogens is 334 g/mol. The summed E-state index contributed by atoms with van der Waals surface area (Å²) in [6.07, 6.45) is 2.81. The Morgan fingerprint density at radius 3 is 2.90 bits per heavy atom. The van der Waals surface area contributed by atoms with E-state index in [0.29, 0.717) is 0 Å². The van der Waals surface area contributed by atoms with E-state index in [0.717, 1.165) is 40.6 Å². The number of hydrogen-bond donors (Lipinski definition) is 1. The van der Waals surface area contributed by atoms with Crippen molar-refractivity contribution >= 4 is 21.9 Å². The summed E-state index contributed by atoms with van der Waals surface area (Å²) in [6.45, 7) is 0.285. The minimum Gasteiger partial charge on any atom is -0.477 e. The first kappa shape index (κ1) is 14.1. The van der Waals surface area contributed by atoms with Crippen molar-refractivity contribution in [3.8, 4) is 5.88 Å². The molecule has 0 bridgehead atoms. The summed E-state index contributed by atoms with van der Waals surface area (Å²) in [6, 6.07) is 9.39. The zero-order chi connectivity index (χ0) is 14.8. The Bertz CT molecular complexity index is 700. The Hall–Kier alpha value is -1.88. The van der Waals surface area contributed by atoms with E-state index < -0.39 is 5.97 Å². The lowest BCUT2D eigenvalue weighted by Gasteiger charge is -2.11. The van der Waals surface area contributed by atoms with Crippen molar-refractivity contribution in [2.45, 2.75) is 25.9 Å². The topological polar surface area (TPSA) is 59.4 Å². The molecule has 3 rings (SSSR count). The van der Waals surface area contributed by atoms with Crippen molar-refractivity contribution < 1.29 is 14.6 Å². The maximum atomic E-state index is 11.4. The van der Waals surface area contributed by atoms with Gasteiger partial charge in [0, 0.05) is 15.7 Å². The first-order chi connectivity index (χ1) is 10.1. The largest absolute Gasteiger partial charge is 0.477 e. The number of aryl methyl sites for hydroxylation is 2. The number of fused-ring (bicyclic) bond motifs is 1. The van der Waals surface area contributed by atoms with E-state index in [1.807, 2.05) is 24.3 Å². The Balaban J connectivity index is 1.88. The Labute approximate surface area is 130 Å². The van der Waals surface area contributed by atoms with Crippen molar-refractivity contribution in [1.82, 2.24) is 4.98 Å². The molecule has 1 N–H and O–H groups in total. The SMILES string of the molecule is O=C(O)c1cc2c(nc1OCc1ccccc1Br)CCC2. The minimum absolute atomic E-state index is 0.141. The summed E-state index contributed by atoms with van der Waals surface area (Å²) in [5.74, 6) is -0.793. The molecule has 1 heterocycles. The number of nitrogens with zero attached hydrogens (tertiary/aromatic N) is 1. The van der Waals surface area contributed by atoms with Crippen molar-refractivity contribution in [2.75, 3.05) is 0 Å². The number of carboxylic acid groups (broad SMARTS) is 1. The molecule has 2 aromatic rings. The lowest BCUT2D eigenvalue weighted by atomic mass is 10.1. The summed E-state index contributed by atoms with van der Waals surface area (Å²) in [7, 11) is 0. The zero-order valence-corrected chi connectivity index (χ0v) is 12.9. The second-order valence-corrected chi connectivity index (χ2v) is 5.84. The highest BCUT2D eigenvalue weighted by Crippen LogP contribution is 2.27. The van der Waals surface area contributed by atoms with Crippen molar-refractivity contribution in [3.05, 3.63) is 57.2 Å². The van der Waals surface area contributed by atoms with Crippen LogP contribution in [0.15, 0.2) is 34.8 Å². The minimum atomic E-state index is -1.00. The molecule has 0 unspecified atom stereocenters. The number of ether oxygens (including phenoxy) is 1. The number of rotatable bonds is 4. The fourth-order valence-corrected chi connectivity index (χ4v) is 2.88. The predicted octanol–water partition coefficient (Wildman–Crippen LogP) is 3.61. The average Bonchev–Trinajstić information content (AvgIpc) is 2.92. The first-order valence-corrected chi connectivity index (χ1v) is 7.57. The molecule has 1 aromatic heterocycles. The normalized spacial score (nSPS) is 13.0. The maximum absolute atomic E-state index is 11.4. The molecule has 1 aliphatic carbocycles. The van der Waals surface area contributed by atoms with Gasteiger partial charge in [-0.2, -0.15) is 0 Å². The van der Waals surface area contributed by atoms with E-state index in [4.69, 9.17) is 4.74 Å². The lowest BCUT2D eigenvalue weighted by Crippen LogP contribution is -2.08. The van der Waals surface area contributed by atoms with Crippen LogP contribution in [0.1, 0.15) is 33.6 Å². The van der Waals surface area contributed by atoms with E-state index in [1.165, 1.54) is 0 Å². The van der Waals surface area contributed by atoms with Crippen LogP contribution in [0.2, 0.25) is 0 Å². The van der Waals surface area contributed by atoms with Gasteiger partial charge >= 0.3 is 5.97 Å². The van der Waals surface area contributed by atoms with Gasteiger partial charge in [-0.3, -0.25) is 0 Å². The third-order valence-corrected chi connectivity index (χ3v) is 4.34. The number of benzene rings is 1. The number of hydrogen-bond acceptors (Lipinski definition) is 3. The number of aromatic nitrogens is 1. The molecular formula is C16H14BrNO3. The van der Waals surface area contributed by atoms with Gasteiger partial charge in [-0.25, -0.2) is 9.78 Å². The Kier molecular flexibility index (Phi) is 3.92. The van der Waals surface area contributed by atoms with Gasteiger partial charge in [0.2, 0.25) is 5.88 Å². The molecule has 0 amide bonds. The van der Waals surface area contributed by atoms with Crippen LogP contribution in [0.5, 0.6) is 5.88 Å². The zero-order valence-electron chi connectivity index (χ0n) is 11.3. The van der Waals surface area contributed by atoms with Gasteiger partial charge in [-0.15, -0.1) is 0 Å². The molecule has 21 heavy (non-hydrogen) atoms. The number of carboxylic acids is 1. The third kappa shape index (κ3) is 2.93. The van der Waals surface area contributed by atoms with Gasteiger partial charge in [-0.05, 0) is 37.0 Å². The molecule has 0 saturated heterocycles. The molecule has 0 saturated carbocycles. The molecule has 1 aliphatic rings. The van der Waals surface area contributed by atoms with Crippen molar-refractivity contribution in [3.63, 3.8) is 0 Å². The molecule has 5 heteroatoms. The average molecular weight is 348 g/mol. The van der Waals surface area contributed by atoms with E-state index in [1.54, 1.807) is 6.07 Å². The second-order valence-electron chi connectivity index (χ2n) is 4.99. The van der Waals surface area contributed by atoms with Crippen LogP contribution < -0.4 is 4.74 Å². The van der Waals surface area contributed by atoms with Crippen LogP contribution in [-0.2, 0) is 19.4 Å². The van der Waals surface area contributed by atoms with E-state index in [-0.39, 0.29) is 18.1 Å². The van der Waals surface area contributed by atoms with E-state index >= 15 is 0 Å². The Morgan fingerprint density at radius 2 is 2.14 bits per heavy atom. The van der Waals surface area contributed by atoms with Crippen LogP contribution in [0.25, 0.3) is 0 Å². The standard InChI is InChI=1S/C16H14BrNO3/c17-13-6-2-1-4-11(13)9-21-15-12(16(19)20)8-10-5-3-7-14(10)18-15/h1-2,4,6,8H,3,5,7,9H2,(H,19,20). The third-order valence-electron chi connectivity index (χ3n) is 3.57. The van der Waals surface area contributed by atoms with Crippen LogP contribution in [0.3, 0.4) is 0 Å². The van der Waals surface area contributed by atoms with Gasteiger partial charge in [0.05, 0.1) is 0 Å². The lowest BCUT2D eigenvalue weighted by molar-refractivity contribution is 0.0690. The summed E-state index contributed by atoms with van der Waals surface area (Å²) in [4.78, 5) is 15.8. The molecule has 0 atom stereocenters. The Morgan fingerprint density at radius 1 is 1.33 bits per heavy atom. The van der Waals surface area contributed by atoms with Crippen molar-refractivity contribution in [2.24, 2.45) is 0 Å². The van der Waals surface area contributed by atoms with Gasteiger partial charge in [0.15, 0.2) is 0 Å². The maximum Gasteiger partial charge on any atom is 0.341 e. The molecule has 0 spiro atoms. The van der Waals surface area contributed by atoms with Gasteiger partial charge in [0.1, 0.15) is 12.2 Å². The van der Waals surface area contributed by atoms with Gasteiger partial charge < -0.3 is 9.84 Å². The molecule has 0 aliphatic heterocycles. The smallest absolute Gasteiger partial charge is 0.341 e. The fraction of sp³-hybridized carbons (Fsp3) is 0.250. The predicted molar refractivity (Wildman–Crippen MR) is 81.7 cm³/mol. The quantitative estimate of drug-likeness (QED) is 0.917. The van der Waals surface area contributed by atoms with Gasteiger partial charge in [-0.1, -0.05) is 34.1 Å². The van der Waals surface area contributed by atoms with Crippen LogP contribution >= 0.6 is 15.9 Å². The summed E-state index contributed by atoms with van der Waals surface area (Å²) < 4.78 is 6.60. The highest BCUT2D eigenvalue weighted by atomic mass is 79.9. The van der Waals surface area contributed by atoms with Crippen LogP contribution in [0.4, 0.5) is 0 Å². The van der Waals surface area contributed by atoms with E-state index in [9.17, 15) is 9.90 Å². The molecule has 108 valence electrons. The number of carbonyl (C=O) groups is 1. The fourth-order valence-electron chi connectivity index (χ4n) is 2.48. The molecule has 0 radical (unpaired) electrons. The second kappa shape index (κ2) is 5.85. The van der Waals surface area contributed by atoms with Crippen LogP contribution in [0, 0.1) is 0 Å². The summed E-state index contributed by atoms with van der Waals surface area (Å²) in [5.41, 5.74) is 3.08. The number of aromatic carboxylic acids is 1. The van der Waals surface area contributed by atoms with Crippen molar-refractivity contribution in [1.29, 1.82) is 0 Å². The van der Waals surface area contributed by atoms with Crippen LogP contribution in [-0.4, -0.2) is 16.1 Å². The van der Waals surface area contributed by atoms with Gasteiger partial charge in [0.25, 0.3) is 0 Å². The highest BCUT2D eigenvalue weighted by Gasteiger charge is 2.21. The first-order valence-electron chi connectivity index (χ1n) is 6.77. The number of halogens is 1. The summed E-state index contributed by atoms with van der Waals surface area (Å²) >= 11 is 3.45. The highest BCUT2D eigenvalue weighted by molar-refractivity contribution is 9.10. The molecule has 4 nitrogen and oxygen atoms in total.